The number of aromatic nitrogens is 2. The summed E-state index contributed by atoms with van der Waals surface area (Å²) in [6, 6.07) is 3.53. The number of carbonyl (C=O) groups excluding carboxylic acids is 1. The molecule has 0 saturated heterocycles. The zero-order valence-corrected chi connectivity index (χ0v) is 11.7. The molecule has 2 aromatic rings. The molecular weight excluding hydrogens is 281 g/mol. The van der Waals surface area contributed by atoms with Gasteiger partial charge in [0.1, 0.15) is 0 Å². The summed E-state index contributed by atoms with van der Waals surface area (Å²) in [6.45, 7) is 3.99. The number of rotatable bonds is 5. The second-order valence-electron chi connectivity index (χ2n) is 4.87. The third-order valence-corrected chi connectivity index (χ3v) is 3.38. The molecular formula is C15H15F3N2O. The van der Waals surface area contributed by atoms with E-state index in [-0.39, 0.29) is 12.5 Å². The van der Waals surface area contributed by atoms with Crippen LogP contribution in [0.4, 0.5) is 13.2 Å². The van der Waals surface area contributed by atoms with Gasteiger partial charge in [-0.1, -0.05) is 6.92 Å². The molecule has 0 aliphatic rings. The van der Waals surface area contributed by atoms with Crippen molar-refractivity contribution in [1.82, 2.24) is 9.78 Å². The standard InChI is InChI=1S/C15H15F3N2O/c1-3-9(2)20-7-6-10(19-20)8-13(21)11-4-5-12(16)15(18)14(11)17/h4-7,9H,3,8H2,1-2H3. The van der Waals surface area contributed by atoms with Crippen molar-refractivity contribution in [2.45, 2.75) is 32.7 Å². The van der Waals surface area contributed by atoms with E-state index in [4.69, 9.17) is 0 Å². The average molecular weight is 296 g/mol. The highest BCUT2D eigenvalue weighted by Gasteiger charge is 2.19. The second-order valence-corrected chi connectivity index (χ2v) is 4.87. The third-order valence-electron chi connectivity index (χ3n) is 3.38. The molecule has 3 nitrogen and oxygen atoms in total. The van der Waals surface area contributed by atoms with Crippen molar-refractivity contribution >= 4 is 5.78 Å². The van der Waals surface area contributed by atoms with Gasteiger partial charge in [-0.25, -0.2) is 13.2 Å². The van der Waals surface area contributed by atoms with Gasteiger partial charge in [0.25, 0.3) is 0 Å². The first kappa shape index (κ1) is 15.3. The molecule has 6 heteroatoms. The number of benzene rings is 1. The van der Waals surface area contributed by atoms with Crippen LogP contribution in [0.1, 0.15) is 42.4 Å². The maximum absolute atomic E-state index is 13.5. The lowest BCUT2D eigenvalue weighted by atomic mass is 10.1. The molecule has 1 atom stereocenters. The number of hydrogen-bond acceptors (Lipinski definition) is 2. The van der Waals surface area contributed by atoms with Crippen molar-refractivity contribution in [3.05, 3.63) is 53.1 Å². The molecule has 0 radical (unpaired) electrons. The van der Waals surface area contributed by atoms with Crippen molar-refractivity contribution in [3.63, 3.8) is 0 Å². The summed E-state index contributed by atoms with van der Waals surface area (Å²) >= 11 is 0. The van der Waals surface area contributed by atoms with Crippen molar-refractivity contribution < 1.29 is 18.0 Å². The molecule has 1 unspecified atom stereocenters. The number of halogens is 3. The van der Waals surface area contributed by atoms with Gasteiger partial charge in [0, 0.05) is 12.2 Å². The number of hydrogen-bond donors (Lipinski definition) is 0. The number of nitrogens with zero attached hydrogens (tertiary/aromatic N) is 2. The largest absolute Gasteiger partial charge is 0.294 e. The van der Waals surface area contributed by atoms with E-state index in [9.17, 15) is 18.0 Å². The minimum Gasteiger partial charge on any atom is -0.294 e. The van der Waals surface area contributed by atoms with Crippen LogP contribution in [-0.2, 0) is 6.42 Å². The summed E-state index contributed by atoms with van der Waals surface area (Å²) in [5.74, 6) is -5.04. The smallest absolute Gasteiger partial charge is 0.195 e. The van der Waals surface area contributed by atoms with Crippen LogP contribution in [0.3, 0.4) is 0 Å². The molecule has 0 amide bonds. The lowest BCUT2D eigenvalue weighted by Crippen LogP contribution is -2.10. The van der Waals surface area contributed by atoms with E-state index in [1.165, 1.54) is 0 Å². The molecule has 0 fully saturated rings. The van der Waals surface area contributed by atoms with Gasteiger partial charge in [0.15, 0.2) is 23.2 Å². The highest BCUT2D eigenvalue weighted by Crippen LogP contribution is 2.17. The second kappa shape index (κ2) is 6.11. The Morgan fingerprint density at radius 2 is 1.95 bits per heavy atom. The normalized spacial score (nSPS) is 12.4. The van der Waals surface area contributed by atoms with E-state index >= 15 is 0 Å². The van der Waals surface area contributed by atoms with Crippen molar-refractivity contribution in [2.24, 2.45) is 0 Å². The molecule has 1 aromatic carbocycles. The Bertz CT molecular complexity index is 667. The quantitative estimate of drug-likeness (QED) is 0.623. The van der Waals surface area contributed by atoms with Crippen LogP contribution < -0.4 is 0 Å². The van der Waals surface area contributed by atoms with Gasteiger partial charge in [-0.05, 0) is 31.5 Å². The molecule has 0 aliphatic carbocycles. The van der Waals surface area contributed by atoms with E-state index in [0.717, 1.165) is 18.6 Å². The molecule has 21 heavy (non-hydrogen) atoms. The molecule has 1 heterocycles. The predicted octanol–water partition coefficient (Wildman–Crippen LogP) is 3.70. The van der Waals surface area contributed by atoms with E-state index in [1.807, 2.05) is 13.8 Å². The Balaban J connectivity index is 2.19. The molecule has 0 bridgehead atoms. The fourth-order valence-electron chi connectivity index (χ4n) is 1.91. The predicted molar refractivity (Wildman–Crippen MR) is 71.6 cm³/mol. The summed E-state index contributed by atoms with van der Waals surface area (Å²) in [7, 11) is 0. The minimum atomic E-state index is -1.63. The number of Topliss-reactive ketones (excluding diaryl/α,β-unsaturated/α-hetero) is 1. The molecule has 0 N–H and O–H groups in total. The highest BCUT2D eigenvalue weighted by atomic mass is 19.2. The monoisotopic (exact) mass is 296 g/mol. The molecule has 0 aliphatic heterocycles. The maximum atomic E-state index is 13.5. The minimum absolute atomic E-state index is 0.161. The molecule has 112 valence electrons. The van der Waals surface area contributed by atoms with Gasteiger partial charge in [0.05, 0.1) is 17.7 Å². The van der Waals surface area contributed by atoms with E-state index < -0.39 is 28.8 Å². The first-order valence-electron chi connectivity index (χ1n) is 6.64. The lowest BCUT2D eigenvalue weighted by Gasteiger charge is -2.08. The van der Waals surface area contributed by atoms with Crippen LogP contribution in [0.15, 0.2) is 24.4 Å². The Morgan fingerprint density at radius 1 is 1.24 bits per heavy atom. The zero-order chi connectivity index (χ0) is 15.6. The summed E-state index contributed by atoms with van der Waals surface area (Å²) in [5, 5.41) is 4.22. The van der Waals surface area contributed by atoms with Gasteiger partial charge < -0.3 is 0 Å². The third kappa shape index (κ3) is 3.15. The SMILES string of the molecule is CCC(C)n1ccc(CC(=O)c2ccc(F)c(F)c2F)n1. The molecule has 1 aromatic heterocycles. The van der Waals surface area contributed by atoms with Crippen LogP contribution in [0, 0.1) is 17.5 Å². The lowest BCUT2D eigenvalue weighted by molar-refractivity contribution is 0.0986. The zero-order valence-electron chi connectivity index (χ0n) is 11.7. The van der Waals surface area contributed by atoms with Gasteiger partial charge >= 0.3 is 0 Å². The van der Waals surface area contributed by atoms with Crippen molar-refractivity contribution in [1.29, 1.82) is 0 Å². The first-order valence-corrected chi connectivity index (χ1v) is 6.64. The van der Waals surface area contributed by atoms with Crippen LogP contribution in [0.25, 0.3) is 0 Å². The van der Waals surface area contributed by atoms with Gasteiger partial charge in [-0.15, -0.1) is 0 Å². The van der Waals surface area contributed by atoms with Crippen LogP contribution in [0.5, 0.6) is 0 Å². The Kier molecular flexibility index (Phi) is 4.45. The fraction of sp³-hybridized carbons (Fsp3) is 0.333. The van der Waals surface area contributed by atoms with E-state index in [1.54, 1.807) is 16.9 Å². The van der Waals surface area contributed by atoms with Crippen LogP contribution in [-0.4, -0.2) is 15.6 Å². The summed E-state index contributed by atoms with van der Waals surface area (Å²) < 4.78 is 41.2. The van der Waals surface area contributed by atoms with Crippen molar-refractivity contribution in [2.75, 3.05) is 0 Å². The Hall–Kier alpha value is -2.11. The van der Waals surface area contributed by atoms with E-state index in [2.05, 4.69) is 5.10 Å². The number of carbonyl (C=O) groups is 1. The van der Waals surface area contributed by atoms with Gasteiger partial charge in [-0.2, -0.15) is 5.10 Å². The van der Waals surface area contributed by atoms with Gasteiger partial charge in [-0.3, -0.25) is 9.48 Å². The molecule has 0 saturated carbocycles. The highest BCUT2D eigenvalue weighted by molar-refractivity contribution is 5.97. The average Bonchev–Trinajstić information content (AvgIpc) is 2.92. The maximum Gasteiger partial charge on any atom is 0.195 e. The fourth-order valence-corrected chi connectivity index (χ4v) is 1.91. The topological polar surface area (TPSA) is 34.9 Å². The summed E-state index contributed by atoms with van der Waals surface area (Å²) in [6.07, 6.45) is 2.46. The first-order chi connectivity index (χ1) is 9.93. The molecule has 0 spiro atoms. The summed E-state index contributed by atoms with van der Waals surface area (Å²) in [4.78, 5) is 12.0. The van der Waals surface area contributed by atoms with Crippen LogP contribution >= 0.6 is 0 Å². The Labute approximate surface area is 120 Å². The summed E-state index contributed by atoms with van der Waals surface area (Å²) in [5.41, 5.74) is -0.00331. The van der Waals surface area contributed by atoms with Crippen molar-refractivity contribution in [3.8, 4) is 0 Å². The van der Waals surface area contributed by atoms with Crippen LogP contribution in [0.2, 0.25) is 0 Å². The Morgan fingerprint density at radius 3 is 2.62 bits per heavy atom. The number of ketones is 1. The van der Waals surface area contributed by atoms with Gasteiger partial charge in [0.2, 0.25) is 0 Å². The molecule has 2 rings (SSSR count). The van der Waals surface area contributed by atoms with E-state index in [0.29, 0.717) is 5.69 Å².